The van der Waals surface area contributed by atoms with E-state index in [2.05, 4.69) is 6.92 Å². The molecule has 0 N–H and O–H groups in total. The van der Waals surface area contributed by atoms with Crippen LogP contribution in [0.3, 0.4) is 0 Å². The molecule has 3 heteroatoms. The highest BCUT2D eigenvalue weighted by Gasteiger charge is 2.15. The summed E-state index contributed by atoms with van der Waals surface area (Å²) in [5.74, 6) is 1.94. The second-order valence-electron chi connectivity index (χ2n) is 1.92. The fourth-order valence-corrected chi connectivity index (χ4v) is 2.52. The van der Waals surface area contributed by atoms with Gasteiger partial charge in [-0.05, 0) is 17.6 Å². The molecule has 2 unspecified atom stereocenters. The molecular formula is C5H10OS2. The first-order valence-corrected chi connectivity index (χ1v) is 5.28. The van der Waals surface area contributed by atoms with Gasteiger partial charge in [-0.1, -0.05) is 16.4 Å². The van der Waals surface area contributed by atoms with Crippen LogP contribution in [0.5, 0.6) is 0 Å². The van der Waals surface area contributed by atoms with Crippen molar-refractivity contribution < 1.29 is 4.74 Å². The molecule has 0 aromatic rings. The molecule has 1 aliphatic rings. The Hall–Kier alpha value is 0.530. The summed E-state index contributed by atoms with van der Waals surface area (Å²) in [6, 6.07) is 0. The van der Waals surface area contributed by atoms with Crippen molar-refractivity contribution in [2.75, 3.05) is 11.7 Å². The predicted octanol–water partition coefficient (Wildman–Crippen LogP) is 0.833. The van der Waals surface area contributed by atoms with E-state index < -0.39 is 0 Å². The van der Waals surface area contributed by atoms with E-state index in [1.54, 1.807) is 0 Å². The van der Waals surface area contributed by atoms with Crippen molar-refractivity contribution in [2.24, 2.45) is 0 Å². The van der Waals surface area contributed by atoms with E-state index in [-0.39, 0.29) is 9.45 Å². The minimum Gasteiger partial charge on any atom is -0.366 e. The van der Waals surface area contributed by atoms with Crippen molar-refractivity contribution in [2.45, 2.75) is 19.4 Å². The fourth-order valence-electron chi connectivity index (χ4n) is 0.711. The zero-order chi connectivity index (χ0) is 5.98. The third kappa shape index (κ3) is 1.50. The second kappa shape index (κ2) is 2.90. The SMILES string of the molecule is CCC1CS(=S)CO1. The van der Waals surface area contributed by atoms with Crippen LogP contribution in [-0.2, 0) is 25.4 Å². The lowest BCUT2D eigenvalue weighted by Crippen LogP contribution is -2.06. The van der Waals surface area contributed by atoms with Crippen LogP contribution < -0.4 is 0 Å². The summed E-state index contributed by atoms with van der Waals surface area (Å²) in [6.45, 7) is 2.14. The first-order valence-electron chi connectivity index (χ1n) is 2.79. The molecular weight excluding hydrogens is 140 g/mol. The van der Waals surface area contributed by atoms with E-state index in [1.165, 1.54) is 0 Å². The van der Waals surface area contributed by atoms with E-state index in [1.807, 2.05) is 0 Å². The standard InChI is InChI=1S/C5H10OS2/c1-2-5-3-8(7)4-6-5/h5H,2-4H2,1H3. The molecule has 0 aromatic heterocycles. The quantitative estimate of drug-likeness (QED) is 0.547. The third-order valence-electron chi connectivity index (χ3n) is 1.26. The fraction of sp³-hybridized carbons (Fsp3) is 1.00. The number of rotatable bonds is 1. The van der Waals surface area contributed by atoms with Gasteiger partial charge in [0.2, 0.25) is 0 Å². The summed E-state index contributed by atoms with van der Waals surface area (Å²) in [4.78, 5) is 0. The molecule has 8 heavy (non-hydrogen) atoms. The highest BCUT2D eigenvalue weighted by Crippen LogP contribution is 2.09. The summed E-state index contributed by atoms with van der Waals surface area (Å²) < 4.78 is 5.32. The zero-order valence-electron chi connectivity index (χ0n) is 4.92. The molecule has 1 aliphatic heterocycles. The Kier molecular flexibility index (Phi) is 2.41. The van der Waals surface area contributed by atoms with E-state index in [9.17, 15) is 0 Å². The van der Waals surface area contributed by atoms with Crippen LogP contribution in [0, 0.1) is 0 Å². The molecule has 1 fully saturated rings. The van der Waals surface area contributed by atoms with E-state index in [0.29, 0.717) is 6.10 Å². The Bertz CT molecular complexity index is 103. The molecule has 0 aliphatic carbocycles. The largest absolute Gasteiger partial charge is 0.366 e. The maximum absolute atomic E-state index is 5.32. The molecule has 1 saturated heterocycles. The van der Waals surface area contributed by atoms with Gasteiger partial charge in [0.05, 0.1) is 12.0 Å². The van der Waals surface area contributed by atoms with Crippen molar-refractivity contribution >= 4 is 20.6 Å². The summed E-state index contributed by atoms with van der Waals surface area (Å²) >= 11 is 5.05. The second-order valence-corrected chi connectivity index (χ2v) is 4.78. The van der Waals surface area contributed by atoms with Crippen molar-refractivity contribution in [3.63, 3.8) is 0 Å². The van der Waals surface area contributed by atoms with E-state index in [0.717, 1.165) is 18.1 Å². The summed E-state index contributed by atoms with van der Waals surface area (Å²) in [5.41, 5.74) is 0. The Morgan fingerprint density at radius 1 is 1.88 bits per heavy atom. The summed E-state index contributed by atoms with van der Waals surface area (Å²) in [6.07, 6.45) is 1.61. The summed E-state index contributed by atoms with van der Waals surface area (Å²) in [5, 5.41) is 0. The molecule has 1 nitrogen and oxygen atoms in total. The molecule has 1 rings (SSSR count). The van der Waals surface area contributed by atoms with Crippen molar-refractivity contribution in [1.29, 1.82) is 0 Å². The molecule has 0 amide bonds. The van der Waals surface area contributed by atoms with Gasteiger partial charge < -0.3 is 4.74 Å². The highest BCUT2D eigenvalue weighted by molar-refractivity contribution is 8.28. The lowest BCUT2D eigenvalue weighted by Gasteiger charge is -2.00. The maximum atomic E-state index is 5.32. The topological polar surface area (TPSA) is 9.23 Å². The smallest absolute Gasteiger partial charge is 0.0970 e. The van der Waals surface area contributed by atoms with Gasteiger partial charge in [-0.25, -0.2) is 0 Å². The molecule has 0 spiro atoms. The first-order chi connectivity index (χ1) is 3.83. The third-order valence-corrected chi connectivity index (χ3v) is 3.10. The van der Waals surface area contributed by atoms with Gasteiger partial charge in [-0.3, -0.25) is 0 Å². The minimum atomic E-state index is 0.158. The van der Waals surface area contributed by atoms with Crippen LogP contribution in [-0.4, -0.2) is 17.8 Å². The van der Waals surface area contributed by atoms with Crippen LogP contribution in [0.15, 0.2) is 0 Å². The van der Waals surface area contributed by atoms with E-state index in [4.69, 9.17) is 15.9 Å². The van der Waals surface area contributed by atoms with Crippen LogP contribution in [0.2, 0.25) is 0 Å². The Morgan fingerprint density at radius 2 is 2.62 bits per heavy atom. The average Bonchev–Trinajstić information content (AvgIpc) is 2.14. The zero-order valence-corrected chi connectivity index (χ0v) is 6.56. The number of ether oxygens (including phenoxy) is 1. The van der Waals surface area contributed by atoms with Gasteiger partial charge in [0.1, 0.15) is 0 Å². The van der Waals surface area contributed by atoms with Gasteiger partial charge in [-0.15, -0.1) is 0 Å². The molecule has 48 valence electrons. The average molecular weight is 150 g/mol. The molecule has 0 bridgehead atoms. The molecule has 0 radical (unpaired) electrons. The van der Waals surface area contributed by atoms with Gasteiger partial charge in [0.15, 0.2) is 0 Å². The molecule has 0 saturated carbocycles. The van der Waals surface area contributed by atoms with Gasteiger partial charge in [-0.2, -0.15) is 0 Å². The monoisotopic (exact) mass is 150 g/mol. The summed E-state index contributed by atoms with van der Waals surface area (Å²) in [7, 11) is 0.158. The lowest BCUT2D eigenvalue weighted by molar-refractivity contribution is 0.121. The van der Waals surface area contributed by atoms with Gasteiger partial charge >= 0.3 is 0 Å². The van der Waals surface area contributed by atoms with E-state index >= 15 is 0 Å². The van der Waals surface area contributed by atoms with Crippen LogP contribution in [0.4, 0.5) is 0 Å². The Morgan fingerprint density at radius 3 is 2.88 bits per heavy atom. The predicted molar refractivity (Wildman–Crippen MR) is 39.6 cm³/mol. The van der Waals surface area contributed by atoms with Crippen molar-refractivity contribution in [3.8, 4) is 0 Å². The molecule has 1 heterocycles. The van der Waals surface area contributed by atoms with Crippen molar-refractivity contribution in [1.82, 2.24) is 0 Å². The van der Waals surface area contributed by atoms with Crippen LogP contribution >= 0.6 is 0 Å². The lowest BCUT2D eigenvalue weighted by atomic mass is 10.3. The maximum Gasteiger partial charge on any atom is 0.0970 e. The Labute approximate surface area is 57.0 Å². The normalized spacial score (nSPS) is 38.1. The first kappa shape index (κ1) is 6.65. The molecule has 2 atom stereocenters. The van der Waals surface area contributed by atoms with Crippen molar-refractivity contribution in [3.05, 3.63) is 0 Å². The van der Waals surface area contributed by atoms with Crippen LogP contribution in [0.1, 0.15) is 13.3 Å². The van der Waals surface area contributed by atoms with Gasteiger partial charge in [0, 0.05) is 5.75 Å². The number of hydrogen-bond donors (Lipinski definition) is 0. The minimum absolute atomic E-state index is 0.158. The van der Waals surface area contributed by atoms with Gasteiger partial charge in [0.25, 0.3) is 0 Å². The Balaban J connectivity index is 2.32. The number of hydrogen-bond acceptors (Lipinski definition) is 2. The molecule has 0 aromatic carbocycles. The highest BCUT2D eigenvalue weighted by atomic mass is 32.8. The van der Waals surface area contributed by atoms with Crippen LogP contribution in [0.25, 0.3) is 0 Å².